The number of allylic oxidation sites excluding steroid dienone is 1. The van der Waals surface area contributed by atoms with Crippen LogP contribution in [0.1, 0.15) is 41.6 Å². The summed E-state index contributed by atoms with van der Waals surface area (Å²) in [5.41, 5.74) is 1.99. The molecule has 4 aromatic rings. The molecule has 1 unspecified atom stereocenters. The normalized spacial score (nSPS) is 15.1. The number of hydrogen-bond acceptors (Lipinski definition) is 8. The molecule has 0 saturated heterocycles. The minimum atomic E-state index is -1.01. The highest BCUT2D eigenvalue weighted by molar-refractivity contribution is 7.07. The molecule has 0 saturated carbocycles. The third-order valence-electron chi connectivity index (χ3n) is 6.24. The number of ether oxygens (including phenoxy) is 2. The van der Waals surface area contributed by atoms with Gasteiger partial charge < -0.3 is 19.0 Å². The van der Waals surface area contributed by atoms with Crippen LogP contribution < -0.4 is 19.6 Å². The minimum absolute atomic E-state index is 0.176. The number of carbonyl (C=O) groups excluding carboxylic acids is 1. The van der Waals surface area contributed by atoms with Gasteiger partial charge in [0.1, 0.15) is 17.3 Å². The van der Waals surface area contributed by atoms with Crippen molar-refractivity contribution in [1.82, 2.24) is 4.57 Å². The van der Waals surface area contributed by atoms with Gasteiger partial charge in [-0.05, 0) is 55.8 Å². The van der Waals surface area contributed by atoms with Crippen molar-refractivity contribution in [3.8, 4) is 17.1 Å². The molecule has 10 heteroatoms. The second kappa shape index (κ2) is 10.6. The Balaban J connectivity index is 1.60. The Morgan fingerprint density at radius 3 is 2.62 bits per heavy atom. The van der Waals surface area contributed by atoms with Gasteiger partial charge in [-0.2, -0.15) is 0 Å². The Hall–Kier alpha value is -4.70. The summed E-state index contributed by atoms with van der Waals surface area (Å²) < 4.78 is 18.5. The quantitative estimate of drug-likeness (QED) is 0.352. The predicted molar refractivity (Wildman–Crippen MR) is 144 cm³/mol. The molecule has 0 aliphatic carbocycles. The van der Waals surface area contributed by atoms with Gasteiger partial charge in [-0.15, -0.1) is 0 Å². The van der Waals surface area contributed by atoms with E-state index < -0.39 is 18.0 Å². The number of aromatic nitrogens is 1. The molecular formula is C29H24N2O7S. The number of furan rings is 1. The first-order valence-corrected chi connectivity index (χ1v) is 12.9. The molecule has 0 radical (unpaired) electrons. The van der Waals surface area contributed by atoms with Gasteiger partial charge in [-0.1, -0.05) is 35.6 Å². The van der Waals surface area contributed by atoms with Crippen LogP contribution in [0.25, 0.3) is 17.4 Å². The number of methoxy groups -OCH3 is 1. The lowest BCUT2D eigenvalue weighted by Gasteiger charge is -2.24. The fourth-order valence-corrected chi connectivity index (χ4v) is 5.44. The van der Waals surface area contributed by atoms with Crippen LogP contribution in [0.15, 0.2) is 86.1 Å². The van der Waals surface area contributed by atoms with Gasteiger partial charge in [0.25, 0.3) is 5.56 Å². The Morgan fingerprint density at radius 1 is 1.15 bits per heavy atom. The molecule has 39 heavy (non-hydrogen) atoms. The van der Waals surface area contributed by atoms with Gasteiger partial charge >= 0.3 is 11.9 Å². The van der Waals surface area contributed by atoms with Gasteiger partial charge in [0, 0.05) is 11.6 Å². The molecule has 2 aromatic carbocycles. The van der Waals surface area contributed by atoms with Crippen LogP contribution in [0.4, 0.5) is 0 Å². The van der Waals surface area contributed by atoms with Gasteiger partial charge in [0.15, 0.2) is 4.80 Å². The van der Waals surface area contributed by atoms with Gasteiger partial charge in [-0.3, -0.25) is 9.36 Å². The molecule has 5 rings (SSSR count). The van der Waals surface area contributed by atoms with E-state index in [-0.39, 0.29) is 23.3 Å². The summed E-state index contributed by atoms with van der Waals surface area (Å²) in [6.07, 6.45) is 1.63. The van der Waals surface area contributed by atoms with E-state index in [1.54, 1.807) is 69.5 Å². The minimum Gasteiger partial charge on any atom is -0.497 e. The van der Waals surface area contributed by atoms with E-state index in [4.69, 9.17) is 19.0 Å². The molecule has 0 fully saturated rings. The van der Waals surface area contributed by atoms with E-state index in [2.05, 4.69) is 4.99 Å². The summed E-state index contributed by atoms with van der Waals surface area (Å²) in [5.74, 6) is 0.0144. The third kappa shape index (κ3) is 4.94. The molecule has 198 valence electrons. The number of esters is 1. The van der Waals surface area contributed by atoms with Crippen LogP contribution in [-0.4, -0.2) is 35.3 Å². The van der Waals surface area contributed by atoms with Crippen molar-refractivity contribution >= 4 is 29.4 Å². The lowest BCUT2D eigenvalue weighted by atomic mass is 9.95. The summed E-state index contributed by atoms with van der Waals surface area (Å²) in [4.78, 5) is 42.9. The van der Waals surface area contributed by atoms with Crippen LogP contribution in [0, 0.1) is 0 Å². The molecule has 2 aromatic heterocycles. The Bertz CT molecular complexity index is 1790. The van der Waals surface area contributed by atoms with Crippen molar-refractivity contribution in [2.45, 2.75) is 19.9 Å². The number of thiazole rings is 1. The van der Waals surface area contributed by atoms with E-state index in [1.807, 2.05) is 6.07 Å². The second-order valence-corrected chi connectivity index (χ2v) is 9.67. The summed E-state index contributed by atoms with van der Waals surface area (Å²) in [7, 11) is 1.55. The zero-order valence-corrected chi connectivity index (χ0v) is 22.2. The van der Waals surface area contributed by atoms with Gasteiger partial charge in [-0.25, -0.2) is 14.6 Å². The summed E-state index contributed by atoms with van der Waals surface area (Å²) in [5, 5.41) is 9.12. The smallest absolute Gasteiger partial charge is 0.338 e. The van der Waals surface area contributed by atoms with Crippen LogP contribution in [-0.2, 0) is 9.53 Å². The van der Waals surface area contributed by atoms with Gasteiger partial charge in [0.2, 0.25) is 0 Å². The maximum absolute atomic E-state index is 13.7. The largest absolute Gasteiger partial charge is 0.497 e. The summed E-state index contributed by atoms with van der Waals surface area (Å²) >= 11 is 1.19. The van der Waals surface area contributed by atoms with Crippen LogP contribution in [0.2, 0.25) is 0 Å². The summed E-state index contributed by atoms with van der Waals surface area (Å²) in [6.45, 7) is 3.64. The highest BCUT2D eigenvalue weighted by Gasteiger charge is 2.33. The van der Waals surface area contributed by atoms with E-state index in [0.29, 0.717) is 43.4 Å². The van der Waals surface area contributed by atoms with Crippen LogP contribution in [0.3, 0.4) is 0 Å². The summed E-state index contributed by atoms with van der Waals surface area (Å²) in [6, 6.07) is 16.3. The van der Waals surface area contributed by atoms with Crippen molar-refractivity contribution in [3.05, 3.63) is 109 Å². The molecule has 0 amide bonds. The maximum Gasteiger partial charge on any atom is 0.338 e. The fourth-order valence-electron chi connectivity index (χ4n) is 4.41. The standard InChI is InChI=1S/C29H24N2O7S/c1-4-37-28(35)24-16(2)30-29-31(25(24)19-6-5-7-20(14-19)36-3)26(32)23(39-29)15-21-12-13-22(38-21)17-8-10-18(11-9-17)27(33)34/h5-15,25H,4H2,1-3H3,(H,33,34)/b23-15-. The number of hydrogen-bond donors (Lipinski definition) is 1. The topological polar surface area (TPSA) is 120 Å². The fraction of sp³-hybridized carbons (Fsp3) is 0.172. The first-order chi connectivity index (χ1) is 18.8. The number of carboxylic acids is 1. The van der Waals surface area contributed by atoms with E-state index >= 15 is 0 Å². The van der Waals surface area contributed by atoms with Crippen molar-refractivity contribution in [3.63, 3.8) is 0 Å². The second-order valence-electron chi connectivity index (χ2n) is 8.66. The maximum atomic E-state index is 13.7. The molecule has 0 bridgehead atoms. The SMILES string of the molecule is CCOC(=O)C1=C(C)N=c2s/c(=C\c3ccc(-c4ccc(C(=O)O)cc4)o3)c(=O)n2C1c1cccc(OC)c1. The zero-order valence-electron chi connectivity index (χ0n) is 21.3. The molecular weight excluding hydrogens is 520 g/mol. The highest BCUT2D eigenvalue weighted by Crippen LogP contribution is 2.32. The highest BCUT2D eigenvalue weighted by atomic mass is 32.1. The van der Waals surface area contributed by atoms with E-state index in [0.717, 1.165) is 0 Å². The molecule has 1 aliphatic rings. The average molecular weight is 545 g/mol. The Labute approximate surface area is 226 Å². The number of carboxylic acid groups (broad SMARTS) is 1. The molecule has 0 spiro atoms. The molecule has 1 aliphatic heterocycles. The van der Waals surface area contributed by atoms with Crippen molar-refractivity contribution < 1.29 is 28.6 Å². The molecule has 1 atom stereocenters. The third-order valence-corrected chi connectivity index (χ3v) is 7.23. The first kappa shape index (κ1) is 25.9. The monoisotopic (exact) mass is 544 g/mol. The zero-order chi connectivity index (χ0) is 27.7. The molecule has 3 heterocycles. The predicted octanol–water partition coefficient (Wildman–Crippen LogP) is 3.77. The number of nitrogens with zero attached hydrogens (tertiary/aromatic N) is 2. The van der Waals surface area contributed by atoms with Crippen LogP contribution in [0.5, 0.6) is 5.75 Å². The molecule has 1 N–H and O–H groups in total. The van der Waals surface area contributed by atoms with Crippen molar-refractivity contribution in [2.75, 3.05) is 13.7 Å². The van der Waals surface area contributed by atoms with Crippen molar-refractivity contribution in [2.24, 2.45) is 4.99 Å². The first-order valence-electron chi connectivity index (χ1n) is 12.1. The number of rotatable bonds is 7. The number of carbonyl (C=O) groups is 2. The number of aromatic carboxylic acids is 1. The lowest BCUT2D eigenvalue weighted by molar-refractivity contribution is -0.139. The average Bonchev–Trinajstić information content (AvgIpc) is 3.52. The van der Waals surface area contributed by atoms with E-state index in [9.17, 15) is 14.4 Å². The van der Waals surface area contributed by atoms with E-state index in [1.165, 1.54) is 28.0 Å². The van der Waals surface area contributed by atoms with Crippen molar-refractivity contribution in [1.29, 1.82) is 0 Å². The Kier molecular flexibility index (Phi) is 7.03. The molecule has 9 nitrogen and oxygen atoms in total. The number of benzene rings is 2. The Morgan fingerprint density at radius 2 is 1.92 bits per heavy atom. The van der Waals surface area contributed by atoms with Crippen LogP contribution >= 0.6 is 11.3 Å². The van der Waals surface area contributed by atoms with Gasteiger partial charge in [0.05, 0.1) is 41.1 Å². The lowest BCUT2D eigenvalue weighted by Crippen LogP contribution is -2.39. The number of fused-ring (bicyclic) bond motifs is 1.